The molecule has 0 unspecified atom stereocenters. The maximum atomic E-state index is 11.6. The standard InChI is InChI=1S/C10H20N2O3/c1-9(2,3)15-8(13)12-5-4-10(14,6-11)7-12/h14H,4-7,11H2,1-3H3/t10-/m1/s1. The van der Waals surface area contributed by atoms with Crippen LogP contribution in [-0.2, 0) is 4.74 Å². The van der Waals surface area contributed by atoms with Crippen LogP contribution < -0.4 is 5.73 Å². The number of carbonyl (C=O) groups excluding carboxylic acids is 1. The van der Waals surface area contributed by atoms with E-state index in [0.717, 1.165) is 0 Å². The fourth-order valence-electron chi connectivity index (χ4n) is 1.51. The van der Waals surface area contributed by atoms with Crippen LogP contribution in [0, 0.1) is 0 Å². The van der Waals surface area contributed by atoms with Gasteiger partial charge in [-0.15, -0.1) is 0 Å². The summed E-state index contributed by atoms with van der Waals surface area (Å²) in [5.74, 6) is 0. The van der Waals surface area contributed by atoms with E-state index in [-0.39, 0.29) is 19.2 Å². The van der Waals surface area contributed by atoms with Gasteiger partial charge in [-0.1, -0.05) is 0 Å². The molecule has 1 aliphatic heterocycles. The molecule has 3 N–H and O–H groups in total. The lowest BCUT2D eigenvalue weighted by Crippen LogP contribution is -2.43. The molecule has 0 spiro atoms. The monoisotopic (exact) mass is 216 g/mol. The van der Waals surface area contributed by atoms with Crippen LogP contribution in [0.25, 0.3) is 0 Å². The van der Waals surface area contributed by atoms with E-state index in [1.54, 1.807) is 0 Å². The number of amides is 1. The molecule has 0 aromatic rings. The van der Waals surface area contributed by atoms with E-state index in [9.17, 15) is 9.90 Å². The normalized spacial score (nSPS) is 26.9. The Bertz CT molecular complexity index is 250. The number of carbonyl (C=O) groups is 1. The third kappa shape index (κ3) is 3.35. The molecule has 0 aromatic carbocycles. The predicted molar refractivity (Wildman–Crippen MR) is 56.4 cm³/mol. The lowest BCUT2D eigenvalue weighted by atomic mass is 10.0. The molecular formula is C10H20N2O3. The highest BCUT2D eigenvalue weighted by Crippen LogP contribution is 2.22. The number of ether oxygens (including phenoxy) is 1. The summed E-state index contributed by atoms with van der Waals surface area (Å²) in [6.07, 6.45) is 0.134. The van der Waals surface area contributed by atoms with E-state index in [1.165, 1.54) is 4.90 Å². The van der Waals surface area contributed by atoms with Gasteiger partial charge < -0.3 is 20.5 Å². The minimum Gasteiger partial charge on any atom is -0.444 e. The van der Waals surface area contributed by atoms with Crippen molar-refractivity contribution in [3.63, 3.8) is 0 Å². The van der Waals surface area contributed by atoms with E-state index in [0.29, 0.717) is 13.0 Å². The molecule has 1 atom stereocenters. The fraction of sp³-hybridized carbons (Fsp3) is 0.900. The average molecular weight is 216 g/mol. The summed E-state index contributed by atoms with van der Waals surface area (Å²) in [6, 6.07) is 0. The van der Waals surface area contributed by atoms with E-state index >= 15 is 0 Å². The minimum absolute atomic E-state index is 0.173. The Hall–Kier alpha value is -0.810. The number of likely N-dealkylation sites (tertiary alicyclic amines) is 1. The van der Waals surface area contributed by atoms with Crippen molar-refractivity contribution in [2.75, 3.05) is 19.6 Å². The SMILES string of the molecule is CC(C)(C)OC(=O)N1CC[C@@](O)(CN)C1. The first-order valence-electron chi connectivity index (χ1n) is 5.16. The van der Waals surface area contributed by atoms with Crippen LogP contribution in [0.2, 0.25) is 0 Å². The maximum absolute atomic E-state index is 11.6. The van der Waals surface area contributed by atoms with Gasteiger partial charge in [0.15, 0.2) is 0 Å². The zero-order valence-electron chi connectivity index (χ0n) is 9.62. The summed E-state index contributed by atoms with van der Waals surface area (Å²) in [7, 11) is 0. The molecule has 1 aliphatic rings. The van der Waals surface area contributed by atoms with Gasteiger partial charge in [-0.3, -0.25) is 0 Å². The summed E-state index contributed by atoms with van der Waals surface area (Å²) in [5.41, 5.74) is 4.00. The number of nitrogens with two attached hydrogens (primary N) is 1. The molecule has 5 nitrogen and oxygen atoms in total. The highest BCUT2D eigenvalue weighted by Gasteiger charge is 2.38. The number of aliphatic hydroxyl groups is 1. The molecule has 0 aliphatic carbocycles. The largest absolute Gasteiger partial charge is 0.444 e. The molecule has 0 aromatic heterocycles. The lowest BCUT2D eigenvalue weighted by Gasteiger charge is -2.25. The molecule has 1 amide bonds. The van der Waals surface area contributed by atoms with Gasteiger partial charge in [-0.25, -0.2) is 4.79 Å². The van der Waals surface area contributed by atoms with E-state index in [2.05, 4.69) is 0 Å². The summed E-state index contributed by atoms with van der Waals surface area (Å²) >= 11 is 0. The van der Waals surface area contributed by atoms with Gasteiger partial charge in [0.25, 0.3) is 0 Å². The molecule has 1 fully saturated rings. The van der Waals surface area contributed by atoms with Crippen LogP contribution in [0.15, 0.2) is 0 Å². The zero-order valence-corrected chi connectivity index (χ0v) is 9.62. The van der Waals surface area contributed by atoms with E-state index < -0.39 is 11.2 Å². The number of rotatable bonds is 1. The van der Waals surface area contributed by atoms with E-state index in [4.69, 9.17) is 10.5 Å². The number of nitrogens with zero attached hydrogens (tertiary/aromatic N) is 1. The average Bonchev–Trinajstić information content (AvgIpc) is 2.46. The van der Waals surface area contributed by atoms with Crippen molar-refractivity contribution in [1.29, 1.82) is 0 Å². The molecule has 88 valence electrons. The number of hydrogen-bond donors (Lipinski definition) is 2. The van der Waals surface area contributed by atoms with Gasteiger partial charge >= 0.3 is 6.09 Å². The van der Waals surface area contributed by atoms with Crippen molar-refractivity contribution < 1.29 is 14.6 Å². The molecule has 0 radical (unpaired) electrons. The fourth-order valence-corrected chi connectivity index (χ4v) is 1.51. The first kappa shape index (κ1) is 12.3. The van der Waals surface area contributed by atoms with Gasteiger partial charge in [0.2, 0.25) is 0 Å². The molecule has 15 heavy (non-hydrogen) atoms. The Kier molecular flexibility index (Phi) is 3.25. The molecule has 1 rings (SSSR count). The summed E-state index contributed by atoms with van der Waals surface area (Å²) in [5, 5.41) is 9.84. The van der Waals surface area contributed by atoms with Gasteiger partial charge in [-0.05, 0) is 27.2 Å². The Morgan fingerprint density at radius 2 is 2.20 bits per heavy atom. The molecular weight excluding hydrogens is 196 g/mol. The Morgan fingerprint density at radius 3 is 2.60 bits per heavy atom. The number of β-amino-alcohol motifs (C(OH)–C–C–N with tert-alkyl or cyclic N) is 1. The van der Waals surface area contributed by atoms with Crippen LogP contribution in [-0.4, -0.2) is 46.9 Å². The van der Waals surface area contributed by atoms with Crippen LogP contribution in [0.1, 0.15) is 27.2 Å². The van der Waals surface area contributed by atoms with Crippen molar-refractivity contribution in [1.82, 2.24) is 4.90 Å². The molecule has 5 heteroatoms. The topological polar surface area (TPSA) is 75.8 Å². The second-order valence-corrected chi connectivity index (χ2v) is 5.08. The van der Waals surface area contributed by atoms with Crippen molar-refractivity contribution in [3.05, 3.63) is 0 Å². The third-order valence-electron chi connectivity index (χ3n) is 2.36. The third-order valence-corrected chi connectivity index (χ3v) is 2.36. The smallest absolute Gasteiger partial charge is 0.410 e. The van der Waals surface area contributed by atoms with Crippen LogP contribution in [0.5, 0.6) is 0 Å². The number of hydrogen-bond acceptors (Lipinski definition) is 4. The zero-order chi connectivity index (χ0) is 11.7. The van der Waals surface area contributed by atoms with Crippen molar-refractivity contribution >= 4 is 6.09 Å². The summed E-state index contributed by atoms with van der Waals surface area (Å²) in [6.45, 7) is 6.38. The Labute approximate surface area is 90.2 Å². The molecule has 1 heterocycles. The molecule has 1 saturated heterocycles. The van der Waals surface area contributed by atoms with Gasteiger partial charge in [-0.2, -0.15) is 0 Å². The second kappa shape index (κ2) is 3.98. The lowest BCUT2D eigenvalue weighted by molar-refractivity contribution is 0.0175. The second-order valence-electron chi connectivity index (χ2n) is 5.08. The minimum atomic E-state index is -0.934. The highest BCUT2D eigenvalue weighted by atomic mass is 16.6. The van der Waals surface area contributed by atoms with Crippen LogP contribution >= 0.6 is 0 Å². The quantitative estimate of drug-likeness (QED) is 0.661. The van der Waals surface area contributed by atoms with Crippen LogP contribution in [0.3, 0.4) is 0 Å². The molecule has 0 bridgehead atoms. The Morgan fingerprint density at radius 1 is 1.60 bits per heavy atom. The highest BCUT2D eigenvalue weighted by molar-refractivity contribution is 5.68. The van der Waals surface area contributed by atoms with Crippen molar-refractivity contribution in [3.8, 4) is 0 Å². The summed E-state index contributed by atoms with van der Waals surface area (Å²) in [4.78, 5) is 13.1. The first-order valence-corrected chi connectivity index (χ1v) is 5.16. The predicted octanol–water partition coefficient (Wildman–Crippen LogP) is 0.317. The first-order chi connectivity index (χ1) is 6.76. The van der Waals surface area contributed by atoms with Crippen LogP contribution in [0.4, 0.5) is 4.79 Å². The maximum Gasteiger partial charge on any atom is 0.410 e. The van der Waals surface area contributed by atoms with Gasteiger partial charge in [0.1, 0.15) is 5.60 Å². The van der Waals surface area contributed by atoms with Gasteiger partial charge in [0.05, 0.1) is 12.1 Å². The van der Waals surface area contributed by atoms with Gasteiger partial charge in [0, 0.05) is 13.1 Å². The molecule has 0 saturated carbocycles. The summed E-state index contributed by atoms with van der Waals surface area (Å²) < 4.78 is 5.19. The van der Waals surface area contributed by atoms with Crippen molar-refractivity contribution in [2.45, 2.75) is 38.4 Å². The van der Waals surface area contributed by atoms with E-state index in [1.807, 2.05) is 20.8 Å². The van der Waals surface area contributed by atoms with Crippen molar-refractivity contribution in [2.24, 2.45) is 5.73 Å². The Balaban J connectivity index is 2.51.